The quantitative estimate of drug-likeness (QED) is 0.234. The van der Waals surface area contributed by atoms with E-state index in [0.29, 0.717) is 33.2 Å². The predicted molar refractivity (Wildman–Crippen MR) is 125 cm³/mol. The molecule has 0 unspecified atom stereocenters. The van der Waals surface area contributed by atoms with Gasteiger partial charge in [0.1, 0.15) is 23.8 Å². The summed E-state index contributed by atoms with van der Waals surface area (Å²) in [6, 6.07) is 11.1. The number of aromatic nitrogens is 2. The van der Waals surface area contributed by atoms with Crippen molar-refractivity contribution in [3.63, 3.8) is 0 Å². The summed E-state index contributed by atoms with van der Waals surface area (Å²) in [4.78, 5) is 12.6. The van der Waals surface area contributed by atoms with Gasteiger partial charge in [-0.1, -0.05) is 39.7 Å². The van der Waals surface area contributed by atoms with Gasteiger partial charge in [-0.25, -0.2) is 0 Å². The normalized spacial score (nSPS) is 11.1. The molecule has 0 aliphatic carbocycles. The van der Waals surface area contributed by atoms with E-state index in [2.05, 4.69) is 37.0 Å². The highest BCUT2D eigenvalue weighted by Crippen LogP contribution is 2.30. The Bertz CT molecular complexity index is 1100. The highest BCUT2D eigenvalue weighted by Gasteiger charge is 2.14. The van der Waals surface area contributed by atoms with Crippen LogP contribution in [0.15, 0.2) is 57.6 Å². The SMILES string of the molecule is CCn1ncc(Br)c1C(=O)/C=C/c1ccc(OC)c(COc2ccc(Br)cc2Cl)c1. The summed E-state index contributed by atoms with van der Waals surface area (Å²) in [5.41, 5.74) is 2.21. The Morgan fingerprint density at radius 1 is 1.20 bits per heavy atom. The molecule has 30 heavy (non-hydrogen) atoms. The van der Waals surface area contributed by atoms with Crippen LogP contribution in [0.1, 0.15) is 28.5 Å². The van der Waals surface area contributed by atoms with E-state index in [1.54, 1.807) is 36.2 Å². The summed E-state index contributed by atoms with van der Waals surface area (Å²) in [6.07, 6.45) is 4.92. The van der Waals surface area contributed by atoms with E-state index in [0.717, 1.165) is 15.6 Å². The summed E-state index contributed by atoms with van der Waals surface area (Å²) in [6.45, 7) is 2.82. The molecular formula is C22H19Br2ClN2O3. The van der Waals surface area contributed by atoms with Crippen molar-refractivity contribution < 1.29 is 14.3 Å². The van der Waals surface area contributed by atoms with Gasteiger partial charge in [0.05, 0.1) is 22.8 Å². The minimum Gasteiger partial charge on any atom is -0.496 e. The first kappa shape index (κ1) is 22.6. The van der Waals surface area contributed by atoms with Gasteiger partial charge in [-0.2, -0.15) is 5.10 Å². The number of halogens is 3. The molecule has 0 saturated heterocycles. The number of methoxy groups -OCH3 is 1. The maximum absolute atomic E-state index is 12.6. The largest absolute Gasteiger partial charge is 0.496 e. The van der Waals surface area contributed by atoms with Gasteiger partial charge in [0.25, 0.3) is 0 Å². The smallest absolute Gasteiger partial charge is 0.205 e. The Kier molecular flexibility index (Phi) is 7.75. The second-order valence-electron chi connectivity index (χ2n) is 6.29. The average molecular weight is 555 g/mol. The van der Waals surface area contributed by atoms with E-state index in [9.17, 15) is 4.79 Å². The maximum Gasteiger partial charge on any atom is 0.205 e. The fraction of sp³-hybridized carbons (Fsp3) is 0.182. The second-order valence-corrected chi connectivity index (χ2v) is 8.47. The first-order valence-electron chi connectivity index (χ1n) is 9.11. The van der Waals surface area contributed by atoms with Crippen molar-refractivity contribution in [3.05, 3.63) is 79.5 Å². The Labute approximate surface area is 196 Å². The van der Waals surface area contributed by atoms with E-state index < -0.39 is 0 Å². The van der Waals surface area contributed by atoms with Crippen molar-refractivity contribution in [2.75, 3.05) is 7.11 Å². The van der Waals surface area contributed by atoms with Gasteiger partial charge >= 0.3 is 0 Å². The third-order valence-corrected chi connectivity index (χ3v) is 5.71. The molecule has 3 aromatic rings. The molecule has 0 saturated carbocycles. The Morgan fingerprint density at radius 3 is 2.67 bits per heavy atom. The molecule has 3 rings (SSSR count). The summed E-state index contributed by atoms with van der Waals surface area (Å²) in [5.74, 6) is 1.14. The predicted octanol–water partition coefficient (Wildman–Crippen LogP) is 6.57. The fourth-order valence-corrected chi connectivity index (χ4v) is 4.08. The summed E-state index contributed by atoms with van der Waals surface area (Å²) in [5, 5.41) is 4.70. The van der Waals surface area contributed by atoms with Crippen LogP contribution in [0, 0.1) is 0 Å². The molecule has 156 valence electrons. The zero-order valence-corrected chi connectivity index (χ0v) is 20.3. The number of carbonyl (C=O) groups is 1. The lowest BCUT2D eigenvalue weighted by Gasteiger charge is -2.12. The summed E-state index contributed by atoms with van der Waals surface area (Å²) >= 11 is 13.0. The number of nitrogens with zero attached hydrogens (tertiary/aromatic N) is 2. The van der Waals surface area contributed by atoms with Gasteiger partial charge in [-0.3, -0.25) is 9.48 Å². The van der Waals surface area contributed by atoms with Crippen molar-refractivity contribution in [1.82, 2.24) is 9.78 Å². The molecule has 0 N–H and O–H groups in total. The van der Waals surface area contributed by atoms with Crippen molar-refractivity contribution in [2.24, 2.45) is 0 Å². The van der Waals surface area contributed by atoms with Crippen LogP contribution < -0.4 is 9.47 Å². The number of aryl methyl sites for hydroxylation is 1. The molecule has 0 amide bonds. The number of hydrogen-bond acceptors (Lipinski definition) is 4. The zero-order chi connectivity index (χ0) is 21.7. The molecule has 8 heteroatoms. The van der Waals surface area contributed by atoms with Crippen LogP contribution in [0.25, 0.3) is 6.08 Å². The molecule has 1 aromatic heterocycles. The van der Waals surface area contributed by atoms with Crippen LogP contribution in [-0.2, 0) is 13.2 Å². The number of rotatable bonds is 8. The topological polar surface area (TPSA) is 53.4 Å². The minimum atomic E-state index is -0.128. The van der Waals surface area contributed by atoms with Crippen LogP contribution in [0.3, 0.4) is 0 Å². The summed E-state index contributed by atoms with van der Waals surface area (Å²) < 4.78 is 14.5. The molecule has 0 spiro atoms. The Balaban J connectivity index is 1.79. The van der Waals surface area contributed by atoms with Crippen molar-refractivity contribution >= 4 is 55.3 Å². The van der Waals surface area contributed by atoms with Gasteiger partial charge in [-0.15, -0.1) is 0 Å². The van der Waals surface area contributed by atoms with Gasteiger partial charge < -0.3 is 9.47 Å². The zero-order valence-electron chi connectivity index (χ0n) is 16.4. The Morgan fingerprint density at radius 2 is 1.97 bits per heavy atom. The molecule has 5 nitrogen and oxygen atoms in total. The third kappa shape index (κ3) is 5.33. The molecule has 0 radical (unpaired) electrons. The number of ether oxygens (including phenoxy) is 2. The van der Waals surface area contributed by atoms with Gasteiger partial charge in [-0.05, 0) is 64.8 Å². The molecule has 0 fully saturated rings. The minimum absolute atomic E-state index is 0.128. The van der Waals surface area contributed by atoms with Gasteiger partial charge in [0.15, 0.2) is 0 Å². The third-order valence-electron chi connectivity index (χ3n) is 4.34. The second kappa shape index (κ2) is 10.3. The molecule has 1 heterocycles. The molecule has 0 aliphatic heterocycles. The molecule has 2 aromatic carbocycles. The maximum atomic E-state index is 12.6. The van der Waals surface area contributed by atoms with Crippen LogP contribution in [-0.4, -0.2) is 22.7 Å². The number of benzene rings is 2. The van der Waals surface area contributed by atoms with Crippen molar-refractivity contribution in [2.45, 2.75) is 20.1 Å². The number of ketones is 1. The number of hydrogen-bond donors (Lipinski definition) is 0. The van der Waals surface area contributed by atoms with Gasteiger partial charge in [0.2, 0.25) is 5.78 Å². The molecule has 0 bridgehead atoms. The molecule has 0 atom stereocenters. The van der Waals surface area contributed by atoms with E-state index in [1.165, 1.54) is 6.08 Å². The van der Waals surface area contributed by atoms with E-state index in [-0.39, 0.29) is 12.4 Å². The van der Waals surface area contributed by atoms with Gasteiger partial charge in [0, 0.05) is 16.6 Å². The van der Waals surface area contributed by atoms with E-state index in [4.69, 9.17) is 21.1 Å². The standard InChI is InChI=1S/C22H19Br2ClN2O3/c1-3-27-22(17(24)12-26-27)19(28)7-4-14-5-8-20(29-2)15(10-14)13-30-21-9-6-16(23)11-18(21)25/h4-12H,3,13H2,1-2H3/b7-4+. The highest BCUT2D eigenvalue weighted by atomic mass is 79.9. The van der Waals surface area contributed by atoms with Crippen LogP contribution in [0.2, 0.25) is 5.02 Å². The van der Waals surface area contributed by atoms with Crippen LogP contribution in [0.5, 0.6) is 11.5 Å². The van der Waals surface area contributed by atoms with Crippen LogP contribution in [0.4, 0.5) is 0 Å². The first-order valence-corrected chi connectivity index (χ1v) is 11.1. The lowest BCUT2D eigenvalue weighted by atomic mass is 10.1. The molecular weight excluding hydrogens is 536 g/mol. The number of allylic oxidation sites excluding steroid dienone is 1. The lowest BCUT2D eigenvalue weighted by Crippen LogP contribution is -2.07. The average Bonchev–Trinajstić information content (AvgIpc) is 3.12. The van der Waals surface area contributed by atoms with Crippen molar-refractivity contribution in [3.8, 4) is 11.5 Å². The summed E-state index contributed by atoms with van der Waals surface area (Å²) in [7, 11) is 1.61. The molecule has 0 aliphatic rings. The van der Waals surface area contributed by atoms with E-state index in [1.807, 2.05) is 31.2 Å². The van der Waals surface area contributed by atoms with Crippen molar-refractivity contribution in [1.29, 1.82) is 0 Å². The van der Waals surface area contributed by atoms with E-state index >= 15 is 0 Å². The lowest BCUT2D eigenvalue weighted by molar-refractivity contribution is 0.103. The first-order chi connectivity index (χ1) is 14.4. The Hall–Kier alpha value is -2.09. The highest BCUT2D eigenvalue weighted by molar-refractivity contribution is 9.10. The van der Waals surface area contributed by atoms with Crippen LogP contribution >= 0.6 is 43.5 Å². The monoisotopic (exact) mass is 552 g/mol. The number of carbonyl (C=O) groups excluding carboxylic acids is 1. The fourth-order valence-electron chi connectivity index (χ4n) is 2.86.